The summed E-state index contributed by atoms with van der Waals surface area (Å²) in [5.74, 6) is 1.97. The molecular weight excluding hydrogens is 372 g/mol. The van der Waals surface area contributed by atoms with Crippen LogP contribution in [0, 0.1) is 12.3 Å². The van der Waals surface area contributed by atoms with Gasteiger partial charge >= 0.3 is 0 Å². The zero-order valence-corrected chi connectivity index (χ0v) is 16.0. The van der Waals surface area contributed by atoms with Gasteiger partial charge in [0.05, 0.1) is 12.2 Å². The average Bonchev–Trinajstić information content (AvgIpc) is 2.73. The summed E-state index contributed by atoms with van der Waals surface area (Å²) in [5.41, 5.74) is 2.88. The minimum atomic E-state index is -0.468. The maximum atomic E-state index is 12.5. The summed E-state index contributed by atoms with van der Waals surface area (Å²) in [6, 6.07) is 11.4. The first-order chi connectivity index (χ1) is 14.0. The van der Waals surface area contributed by atoms with E-state index in [-0.39, 0.29) is 23.6 Å². The Bertz CT molecular complexity index is 889. The summed E-state index contributed by atoms with van der Waals surface area (Å²) in [6.45, 7) is 0.447. The van der Waals surface area contributed by atoms with Gasteiger partial charge in [-0.15, -0.1) is 6.42 Å². The lowest BCUT2D eigenvalue weighted by Crippen LogP contribution is -2.17. The topological polar surface area (TPSA) is 108 Å². The fourth-order valence-corrected chi connectivity index (χ4v) is 2.66. The third-order valence-corrected chi connectivity index (χ3v) is 4.19. The highest BCUT2D eigenvalue weighted by atomic mass is 16.5. The van der Waals surface area contributed by atoms with Gasteiger partial charge in [0.25, 0.3) is 5.91 Å². The predicted octanol–water partition coefficient (Wildman–Crippen LogP) is 3.46. The summed E-state index contributed by atoms with van der Waals surface area (Å²) in [5, 5.41) is 21.1. The molecule has 2 rings (SSSR count). The second-order valence-electron chi connectivity index (χ2n) is 6.41. The summed E-state index contributed by atoms with van der Waals surface area (Å²) in [7, 11) is 0. The normalized spacial score (nSPS) is 10.1. The van der Waals surface area contributed by atoms with Crippen molar-refractivity contribution in [1.82, 2.24) is 5.48 Å². The molecule has 7 heteroatoms. The number of hydrogen-bond acceptors (Lipinski definition) is 5. The molecule has 152 valence electrons. The molecule has 0 aliphatic heterocycles. The molecule has 29 heavy (non-hydrogen) atoms. The second kappa shape index (κ2) is 11.4. The Labute approximate surface area is 169 Å². The fraction of sp³-hybridized carbons (Fsp3) is 0.273. The van der Waals surface area contributed by atoms with Crippen molar-refractivity contribution >= 4 is 17.5 Å². The number of benzene rings is 2. The van der Waals surface area contributed by atoms with Gasteiger partial charge in [0.15, 0.2) is 0 Å². The molecule has 0 bridgehead atoms. The van der Waals surface area contributed by atoms with Crippen molar-refractivity contribution in [3.8, 4) is 23.8 Å². The zero-order valence-electron chi connectivity index (χ0n) is 16.0. The van der Waals surface area contributed by atoms with Crippen molar-refractivity contribution in [3.63, 3.8) is 0 Å². The number of phenolic OH excluding ortho intramolecular Hbond substituents is 1. The quantitative estimate of drug-likeness (QED) is 0.213. The molecule has 0 spiro atoms. The smallest absolute Gasteiger partial charge is 0.259 e. The van der Waals surface area contributed by atoms with E-state index in [9.17, 15) is 14.7 Å². The molecule has 2 amide bonds. The van der Waals surface area contributed by atoms with Crippen LogP contribution in [0.2, 0.25) is 0 Å². The number of carbonyl (C=O) groups is 2. The monoisotopic (exact) mass is 396 g/mol. The van der Waals surface area contributed by atoms with E-state index in [1.807, 2.05) is 0 Å². The number of anilines is 1. The Balaban J connectivity index is 1.85. The number of nitrogens with one attached hydrogen (secondary N) is 2. The number of phenols is 1. The predicted molar refractivity (Wildman–Crippen MR) is 109 cm³/mol. The van der Waals surface area contributed by atoms with Gasteiger partial charge in [0, 0.05) is 17.7 Å². The van der Waals surface area contributed by atoms with Crippen LogP contribution in [-0.2, 0) is 4.79 Å². The van der Waals surface area contributed by atoms with Crippen LogP contribution in [-0.4, -0.2) is 28.7 Å². The molecule has 0 aliphatic rings. The van der Waals surface area contributed by atoms with E-state index >= 15 is 0 Å². The average molecular weight is 396 g/mol. The largest absolute Gasteiger partial charge is 0.507 e. The molecule has 4 N–H and O–H groups in total. The van der Waals surface area contributed by atoms with E-state index in [1.165, 1.54) is 12.1 Å². The Morgan fingerprint density at radius 3 is 2.62 bits per heavy atom. The van der Waals surface area contributed by atoms with Crippen molar-refractivity contribution in [2.75, 3.05) is 11.9 Å². The molecule has 0 radical (unpaired) electrons. The first-order valence-corrected chi connectivity index (χ1v) is 9.30. The Kier molecular flexibility index (Phi) is 8.54. The summed E-state index contributed by atoms with van der Waals surface area (Å²) in [6.07, 6.45) is 8.84. The van der Waals surface area contributed by atoms with Crippen molar-refractivity contribution in [3.05, 3.63) is 53.6 Å². The summed E-state index contributed by atoms with van der Waals surface area (Å²) < 4.78 is 5.65. The number of rotatable bonds is 10. The molecular formula is C22H24N2O5. The molecule has 0 unspecified atom stereocenters. The molecule has 0 fully saturated rings. The van der Waals surface area contributed by atoms with Crippen LogP contribution >= 0.6 is 0 Å². The van der Waals surface area contributed by atoms with E-state index in [0.717, 1.165) is 19.3 Å². The van der Waals surface area contributed by atoms with Gasteiger partial charge in [-0.2, -0.15) is 0 Å². The van der Waals surface area contributed by atoms with Gasteiger partial charge in [0.1, 0.15) is 11.5 Å². The highest BCUT2D eigenvalue weighted by molar-refractivity contribution is 6.06. The standard InChI is InChI=1S/C22H24N2O5/c1-2-16-8-7-9-17(14-16)23-22(27)19-15-18(11-12-20(19)25)29-13-6-4-3-5-10-21(26)24-28/h1,7-9,11-12,14-15,25,28H,3-6,10,13H2,(H,23,27)(H,24,26). The molecule has 0 heterocycles. The fourth-order valence-electron chi connectivity index (χ4n) is 2.66. The van der Waals surface area contributed by atoms with Gasteiger partial charge in [-0.1, -0.05) is 24.8 Å². The molecule has 0 saturated heterocycles. The van der Waals surface area contributed by atoms with Crippen LogP contribution in [0.4, 0.5) is 5.69 Å². The number of amides is 2. The van der Waals surface area contributed by atoms with Crippen molar-refractivity contribution in [2.24, 2.45) is 0 Å². The number of hydroxylamine groups is 1. The third kappa shape index (κ3) is 7.20. The lowest BCUT2D eigenvalue weighted by molar-refractivity contribution is -0.129. The first-order valence-electron chi connectivity index (χ1n) is 9.30. The van der Waals surface area contributed by atoms with E-state index in [2.05, 4.69) is 11.2 Å². The van der Waals surface area contributed by atoms with Crippen LogP contribution in [0.15, 0.2) is 42.5 Å². The SMILES string of the molecule is C#Cc1cccc(NC(=O)c2cc(OCCCCCCC(=O)NO)ccc2O)c1. The Morgan fingerprint density at radius 1 is 1.07 bits per heavy atom. The van der Waals surface area contributed by atoms with Gasteiger partial charge in [0.2, 0.25) is 5.91 Å². The molecule has 2 aromatic carbocycles. The van der Waals surface area contributed by atoms with E-state index in [0.29, 0.717) is 30.0 Å². The van der Waals surface area contributed by atoms with Gasteiger partial charge in [-0.3, -0.25) is 14.8 Å². The molecule has 7 nitrogen and oxygen atoms in total. The van der Waals surface area contributed by atoms with E-state index in [1.54, 1.807) is 35.8 Å². The lowest BCUT2D eigenvalue weighted by Gasteiger charge is -2.10. The van der Waals surface area contributed by atoms with Crippen molar-refractivity contribution in [1.29, 1.82) is 0 Å². The van der Waals surface area contributed by atoms with Crippen LogP contribution in [0.1, 0.15) is 48.0 Å². The van der Waals surface area contributed by atoms with Gasteiger partial charge in [-0.25, -0.2) is 5.48 Å². The Morgan fingerprint density at radius 2 is 1.86 bits per heavy atom. The summed E-state index contributed by atoms with van der Waals surface area (Å²) >= 11 is 0. The summed E-state index contributed by atoms with van der Waals surface area (Å²) in [4.78, 5) is 23.4. The third-order valence-electron chi connectivity index (χ3n) is 4.19. The van der Waals surface area contributed by atoms with Crippen molar-refractivity contribution in [2.45, 2.75) is 32.1 Å². The lowest BCUT2D eigenvalue weighted by atomic mass is 10.1. The number of aromatic hydroxyl groups is 1. The van der Waals surface area contributed by atoms with Crippen LogP contribution in [0.3, 0.4) is 0 Å². The van der Waals surface area contributed by atoms with Crippen LogP contribution in [0.25, 0.3) is 0 Å². The number of hydrogen-bond donors (Lipinski definition) is 4. The number of terminal acetylenes is 1. The molecule has 0 atom stereocenters. The van der Waals surface area contributed by atoms with E-state index in [4.69, 9.17) is 16.4 Å². The number of ether oxygens (including phenoxy) is 1. The maximum Gasteiger partial charge on any atom is 0.259 e. The molecule has 0 aromatic heterocycles. The molecule has 0 aliphatic carbocycles. The van der Waals surface area contributed by atoms with Crippen LogP contribution < -0.4 is 15.5 Å². The highest BCUT2D eigenvalue weighted by Gasteiger charge is 2.13. The number of unbranched alkanes of at least 4 members (excludes halogenated alkanes) is 3. The van der Waals surface area contributed by atoms with Gasteiger partial charge in [-0.05, 0) is 49.2 Å². The molecule has 2 aromatic rings. The first kappa shape index (κ1) is 21.8. The zero-order chi connectivity index (χ0) is 21.1. The minimum Gasteiger partial charge on any atom is -0.507 e. The van der Waals surface area contributed by atoms with E-state index < -0.39 is 5.91 Å². The second-order valence-corrected chi connectivity index (χ2v) is 6.41. The Hall–Kier alpha value is -3.50. The van der Waals surface area contributed by atoms with Crippen molar-refractivity contribution < 1.29 is 24.6 Å². The maximum absolute atomic E-state index is 12.5. The van der Waals surface area contributed by atoms with Gasteiger partial charge < -0.3 is 15.2 Å². The minimum absolute atomic E-state index is 0.101. The number of carbonyl (C=O) groups excluding carboxylic acids is 2. The molecule has 0 saturated carbocycles. The highest BCUT2D eigenvalue weighted by Crippen LogP contribution is 2.24. The van der Waals surface area contributed by atoms with Crippen LogP contribution in [0.5, 0.6) is 11.5 Å².